The Bertz CT molecular complexity index is 388. The lowest BCUT2D eigenvalue weighted by atomic mass is 10.1. The predicted octanol–water partition coefficient (Wildman–Crippen LogP) is 1.59. The third-order valence-electron chi connectivity index (χ3n) is 2.85. The fourth-order valence-electron chi connectivity index (χ4n) is 1.92. The van der Waals surface area contributed by atoms with Gasteiger partial charge >= 0.3 is 0 Å². The first-order valence-electron chi connectivity index (χ1n) is 6.12. The predicted molar refractivity (Wildman–Crippen MR) is 71.0 cm³/mol. The highest BCUT2D eigenvalue weighted by Crippen LogP contribution is 2.15. The first kappa shape index (κ1) is 13.2. The van der Waals surface area contributed by atoms with E-state index in [4.69, 9.17) is 16.3 Å². The summed E-state index contributed by atoms with van der Waals surface area (Å²) in [5.41, 5.74) is 0. The van der Waals surface area contributed by atoms with Crippen LogP contribution in [0.2, 0.25) is 5.02 Å². The number of amides is 1. The molecule has 98 valence electrons. The zero-order valence-corrected chi connectivity index (χ0v) is 10.9. The van der Waals surface area contributed by atoms with Gasteiger partial charge in [0.1, 0.15) is 5.75 Å². The molecular formula is C13H17ClN2O2. The van der Waals surface area contributed by atoms with E-state index in [1.807, 2.05) is 0 Å². The lowest BCUT2D eigenvalue weighted by molar-refractivity contribution is -0.123. The van der Waals surface area contributed by atoms with E-state index >= 15 is 0 Å². The third-order valence-corrected chi connectivity index (χ3v) is 3.10. The molecule has 1 aromatic carbocycles. The van der Waals surface area contributed by atoms with Crippen LogP contribution in [0.15, 0.2) is 24.3 Å². The summed E-state index contributed by atoms with van der Waals surface area (Å²) in [7, 11) is 0. The molecule has 0 spiro atoms. The first-order valence-corrected chi connectivity index (χ1v) is 6.50. The van der Waals surface area contributed by atoms with Crippen LogP contribution < -0.4 is 15.4 Å². The quantitative estimate of drug-likeness (QED) is 0.872. The Morgan fingerprint density at radius 3 is 2.89 bits per heavy atom. The number of carbonyl (C=O) groups is 1. The number of halogens is 1. The number of rotatable bonds is 4. The van der Waals surface area contributed by atoms with E-state index in [0.717, 1.165) is 25.9 Å². The average molecular weight is 269 g/mol. The SMILES string of the molecule is O=C(COc1ccc(Cl)cc1)N[C@H]1CCCNC1. The Kier molecular flexibility index (Phi) is 4.84. The molecule has 1 saturated heterocycles. The fourth-order valence-corrected chi connectivity index (χ4v) is 2.05. The summed E-state index contributed by atoms with van der Waals surface area (Å²) in [6.45, 7) is 1.92. The molecule has 4 nitrogen and oxygen atoms in total. The average Bonchev–Trinajstić information content (AvgIpc) is 2.39. The lowest BCUT2D eigenvalue weighted by Crippen LogP contribution is -2.46. The molecule has 1 heterocycles. The molecule has 5 heteroatoms. The molecule has 2 rings (SSSR count). The Labute approximate surface area is 112 Å². The fraction of sp³-hybridized carbons (Fsp3) is 0.462. The number of benzene rings is 1. The van der Waals surface area contributed by atoms with Gasteiger partial charge in [-0.2, -0.15) is 0 Å². The highest BCUT2D eigenvalue weighted by Gasteiger charge is 2.15. The van der Waals surface area contributed by atoms with Crippen LogP contribution >= 0.6 is 11.6 Å². The monoisotopic (exact) mass is 268 g/mol. The number of carbonyl (C=O) groups excluding carboxylic acids is 1. The van der Waals surface area contributed by atoms with Crippen LogP contribution in [-0.4, -0.2) is 31.6 Å². The highest BCUT2D eigenvalue weighted by molar-refractivity contribution is 6.30. The van der Waals surface area contributed by atoms with Crippen LogP contribution in [0.25, 0.3) is 0 Å². The maximum Gasteiger partial charge on any atom is 0.258 e. The van der Waals surface area contributed by atoms with Crippen molar-refractivity contribution in [3.8, 4) is 5.75 Å². The van der Waals surface area contributed by atoms with Crippen molar-refractivity contribution in [1.82, 2.24) is 10.6 Å². The molecule has 18 heavy (non-hydrogen) atoms. The van der Waals surface area contributed by atoms with E-state index in [0.29, 0.717) is 10.8 Å². The van der Waals surface area contributed by atoms with Crippen molar-refractivity contribution >= 4 is 17.5 Å². The van der Waals surface area contributed by atoms with Crippen molar-refractivity contribution in [1.29, 1.82) is 0 Å². The van der Waals surface area contributed by atoms with Crippen LogP contribution in [0.4, 0.5) is 0 Å². The second kappa shape index (κ2) is 6.61. The minimum Gasteiger partial charge on any atom is -0.484 e. The normalized spacial score (nSPS) is 19.3. The molecule has 1 fully saturated rings. The van der Waals surface area contributed by atoms with Crippen LogP contribution in [0.5, 0.6) is 5.75 Å². The van der Waals surface area contributed by atoms with Crippen LogP contribution in [-0.2, 0) is 4.79 Å². The molecule has 1 amide bonds. The minimum absolute atomic E-state index is 0.0398. The van der Waals surface area contributed by atoms with Gasteiger partial charge in [0.2, 0.25) is 0 Å². The van der Waals surface area contributed by atoms with E-state index in [1.165, 1.54) is 0 Å². The standard InChI is InChI=1S/C13H17ClN2O2/c14-10-3-5-12(6-4-10)18-9-13(17)16-11-2-1-7-15-8-11/h3-6,11,15H,1-2,7-9H2,(H,16,17)/t11-/m0/s1. The molecule has 0 saturated carbocycles. The van der Waals surface area contributed by atoms with Crippen molar-refractivity contribution < 1.29 is 9.53 Å². The van der Waals surface area contributed by atoms with Gasteiger partial charge in [0.25, 0.3) is 5.91 Å². The maximum absolute atomic E-state index is 11.7. The zero-order chi connectivity index (χ0) is 12.8. The Morgan fingerprint density at radius 1 is 1.44 bits per heavy atom. The summed E-state index contributed by atoms with van der Waals surface area (Å²) in [6, 6.07) is 7.19. The van der Waals surface area contributed by atoms with E-state index in [2.05, 4.69) is 10.6 Å². The molecule has 2 N–H and O–H groups in total. The maximum atomic E-state index is 11.7. The third kappa shape index (κ3) is 4.20. The van der Waals surface area contributed by atoms with Gasteiger partial charge in [0.05, 0.1) is 0 Å². The van der Waals surface area contributed by atoms with Crippen LogP contribution in [0.3, 0.4) is 0 Å². The Balaban J connectivity index is 1.72. The molecule has 1 aromatic rings. The van der Waals surface area contributed by atoms with Crippen molar-refractivity contribution in [3.05, 3.63) is 29.3 Å². The lowest BCUT2D eigenvalue weighted by Gasteiger charge is -2.23. The number of ether oxygens (including phenoxy) is 1. The van der Waals surface area contributed by atoms with Gasteiger partial charge in [-0.3, -0.25) is 4.79 Å². The second-order valence-electron chi connectivity index (χ2n) is 4.35. The van der Waals surface area contributed by atoms with Gasteiger partial charge in [-0.15, -0.1) is 0 Å². The van der Waals surface area contributed by atoms with Crippen LogP contribution in [0, 0.1) is 0 Å². The summed E-state index contributed by atoms with van der Waals surface area (Å²) in [4.78, 5) is 11.7. The van der Waals surface area contributed by atoms with Gasteiger partial charge in [-0.1, -0.05) is 11.6 Å². The molecule has 1 aliphatic rings. The Hall–Kier alpha value is -1.26. The van der Waals surface area contributed by atoms with Gasteiger partial charge in [-0.25, -0.2) is 0 Å². The van der Waals surface area contributed by atoms with Crippen molar-refractivity contribution in [2.75, 3.05) is 19.7 Å². The second-order valence-corrected chi connectivity index (χ2v) is 4.79. The summed E-state index contributed by atoms with van der Waals surface area (Å²) in [6.07, 6.45) is 2.13. The van der Waals surface area contributed by atoms with Gasteiger partial charge in [-0.05, 0) is 43.7 Å². The van der Waals surface area contributed by atoms with E-state index < -0.39 is 0 Å². The molecule has 0 unspecified atom stereocenters. The number of nitrogens with one attached hydrogen (secondary N) is 2. The number of hydrogen-bond acceptors (Lipinski definition) is 3. The summed E-state index contributed by atoms with van der Waals surface area (Å²) in [5, 5.41) is 6.85. The van der Waals surface area contributed by atoms with Gasteiger partial charge in [0, 0.05) is 17.6 Å². The summed E-state index contributed by atoms with van der Waals surface area (Å²) in [5.74, 6) is 0.565. The van der Waals surface area contributed by atoms with Crippen molar-refractivity contribution in [2.24, 2.45) is 0 Å². The van der Waals surface area contributed by atoms with E-state index in [9.17, 15) is 4.79 Å². The molecule has 1 atom stereocenters. The Morgan fingerprint density at radius 2 is 2.22 bits per heavy atom. The molecule has 1 aliphatic heterocycles. The van der Waals surface area contributed by atoms with Crippen molar-refractivity contribution in [3.63, 3.8) is 0 Å². The first-order chi connectivity index (χ1) is 8.74. The van der Waals surface area contributed by atoms with E-state index in [1.54, 1.807) is 24.3 Å². The summed E-state index contributed by atoms with van der Waals surface area (Å²) < 4.78 is 5.37. The van der Waals surface area contributed by atoms with Gasteiger partial charge < -0.3 is 15.4 Å². The number of hydrogen-bond donors (Lipinski definition) is 2. The smallest absolute Gasteiger partial charge is 0.258 e. The molecule has 0 radical (unpaired) electrons. The van der Waals surface area contributed by atoms with Crippen molar-refractivity contribution in [2.45, 2.75) is 18.9 Å². The summed E-state index contributed by atoms with van der Waals surface area (Å²) >= 11 is 5.76. The molecular weight excluding hydrogens is 252 g/mol. The van der Waals surface area contributed by atoms with E-state index in [-0.39, 0.29) is 18.6 Å². The van der Waals surface area contributed by atoms with Crippen LogP contribution in [0.1, 0.15) is 12.8 Å². The molecule has 0 bridgehead atoms. The highest BCUT2D eigenvalue weighted by atomic mass is 35.5. The minimum atomic E-state index is -0.0846. The molecule has 0 aliphatic carbocycles. The number of piperidine rings is 1. The van der Waals surface area contributed by atoms with Gasteiger partial charge in [0.15, 0.2) is 6.61 Å². The largest absolute Gasteiger partial charge is 0.484 e. The topological polar surface area (TPSA) is 50.4 Å². The zero-order valence-electron chi connectivity index (χ0n) is 10.1. The molecule has 0 aromatic heterocycles.